The van der Waals surface area contributed by atoms with Crippen LogP contribution < -0.4 is 14.2 Å². The average Bonchev–Trinajstić information content (AvgIpc) is 2.81. The molecule has 3 N–H and O–H groups in total. The van der Waals surface area contributed by atoms with E-state index in [9.17, 15) is 15.6 Å². The minimum atomic E-state index is -0.470. The van der Waals surface area contributed by atoms with Crippen LogP contribution in [-0.4, -0.2) is 30.3 Å². The molecule has 3 aromatic heterocycles. The molecule has 0 aliphatic rings. The van der Waals surface area contributed by atoms with Crippen LogP contribution in [0.25, 0.3) is 0 Å². The second-order valence-electron chi connectivity index (χ2n) is 8.13. The number of aromatic hydroxyl groups is 3. The van der Waals surface area contributed by atoms with Gasteiger partial charge in [-0.15, -0.1) is 0 Å². The zero-order valence-electron chi connectivity index (χ0n) is 22.7. The molecule has 3 aromatic rings. The molecule has 12 nitrogen and oxygen atoms in total. The molecule has 0 fully saturated rings. The standard InChI is InChI=1S/3C8H12N2O2.Fe/c3*1-4-7-5(2)9-8(11)10(12)6(7)3;/h3*4H2,1-3H3,(H,9,11);. The van der Waals surface area contributed by atoms with Crippen LogP contribution in [0.5, 0.6) is 18.0 Å². The summed E-state index contributed by atoms with van der Waals surface area (Å²) in [5.74, 6) is 0. The van der Waals surface area contributed by atoms with Crippen LogP contribution in [0, 0.1) is 57.2 Å². The summed E-state index contributed by atoms with van der Waals surface area (Å²) >= 11 is 0. The Kier molecular flexibility index (Phi) is 13.0. The molecule has 0 bridgehead atoms. The van der Waals surface area contributed by atoms with Crippen molar-refractivity contribution in [3.8, 4) is 18.0 Å². The minimum Gasteiger partial charge on any atom is -0.708 e. The van der Waals surface area contributed by atoms with Crippen LogP contribution in [0.15, 0.2) is 0 Å². The van der Waals surface area contributed by atoms with E-state index in [-0.39, 0.29) is 17.1 Å². The first kappa shape index (κ1) is 33.6. The molecule has 0 unspecified atom stereocenters. The second kappa shape index (κ2) is 14.3. The molecule has 13 heteroatoms. The molecule has 0 atom stereocenters. The first-order valence-corrected chi connectivity index (χ1v) is 11.6. The van der Waals surface area contributed by atoms with Crippen molar-refractivity contribution in [1.29, 1.82) is 0 Å². The number of hydrogen-bond donors (Lipinski definition) is 3. The molecule has 0 saturated carbocycles. The van der Waals surface area contributed by atoms with Crippen molar-refractivity contribution in [2.75, 3.05) is 0 Å². The summed E-state index contributed by atoms with van der Waals surface area (Å²) in [6.45, 7) is 16.2. The third kappa shape index (κ3) is 7.77. The smallest absolute Gasteiger partial charge is 0.499 e. The van der Waals surface area contributed by atoms with Crippen molar-refractivity contribution < 1.29 is 46.6 Å². The van der Waals surface area contributed by atoms with Crippen molar-refractivity contribution in [3.63, 3.8) is 0 Å². The maximum atomic E-state index is 11.1. The van der Waals surface area contributed by atoms with E-state index in [0.717, 1.165) is 53.0 Å². The van der Waals surface area contributed by atoms with Crippen LogP contribution in [0.4, 0.5) is 0 Å². The van der Waals surface area contributed by atoms with Crippen molar-refractivity contribution in [2.45, 2.75) is 81.6 Å². The van der Waals surface area contributed by atoms with Gasteiger partial charge in [-0.1, -0.05) is 20.8 Å². The van der Waals surface area contributed by atoms with Gasteiger partial charge in [0.25, 0.3) is 0 Å². The van der Waals surface area contributed by atoms with Gasteiger partial charge in [-0.3, -0.25) is 0 Å². The summed E-state index contributed by atoms with van der Waals surface area (Å²) in [5.41, 5.74) is 6.47. The van der Waals surface area contributed by atoms with Gasteiger partial charge in [-0.2, -0.15) is 14.2 Å². The van der Waals surface area contributed by atoms with Crippen LogP contribution in [0.2, 0.25) is 0 Å². The normalized spacial score (nSPS) is 9.97. The van der Waals surface area contributed by atoms with E-state index < -0.39 is 18.0 Å². The maximum absolute atomic E-state index is 11.1. The largest absolute Gasteiger partial charge is 0.708 e. The van der Waals surface area contributed by atoms with Gasteiger partial charge < -0.3 is 30.9 Å². The average molecular weight is 560 g/mol. The van der Waals surface area contributed by atoms with E-state index in [0.29, 0.717) is 31.3 Å². The van der Waals surface area contributed by atoms with Crippen LogP contribution in [0.3, 0.4) is 0 Å². The van der Waals surface area contributed by atoms with Gasteiger partial charge in [0.1, 0.15) is 17.1 Å². The molecule has 0 aliphatic heterocycles. The molecule has 0 aliphatic carbocycles. The number of aromatic nitrogens is 6. The predicted molar refractivity (Wildman–Crippen MR) is 131 cm³/mol. The van der Waals surface area contributed by atoms with Gasteiger partial charge in [0.05, 0.1) is 0 Å². The van der Waals surface area contributed by atoms with Crippen molar-refractivity contribution in [2.24, 2.45) is 0 Å². The van der Waals surface area contributed by atoms with E-state index >= 15 is 0 Å². The van der Waals surface area contributed by atoms with Crippen molar-refractivity contribution in [3.05, 3.63) is 66.5 Å². The van der Waals surface area contributed by atoms with Crippen LogP contribution in [0.1, 0.15) is 71.6 Å². The zero-order valence-corrected chi connectivity index (χ0v) is 23.8. The van der Waals surface area contributed by atoms with E-state index in [2.05, 4.69) is 15.0 Å². The van der Waals surface area contributed by atoms with E-state index in [1.54, 1.807) is 41.5 Å². The molecular weight excluding hydrogens is 524 g/mol. The molecule has 0 radical (unpaired) electrons. The number of aryl methyl sites for hydroxylation is 3. The monoisotopic (exact) mass is 560 g/mol. The predicted octanol–water partition coefficient (Wildman–Crippen LogP) is 1.80. The van der Waals surface area contributed by atoms with Crippen molar-refractivity contribution >= 4 is 0 Å². The SMILES string of the molecule is CCc1c(C)nc(O)[n+]([O-])c1C.CCc1c(C)nc(O)[n+]([O-])c1C.CCc1c(C)nc(O)[n+]([O-])c1C.[Fe]. The Morgan fingerprint density at radius 3 is 0.865 bits per heavy atom. The fraction of sp³-hybridized carbons (Fsp3) is 0.500. The third-order valence-corrected chi connectivity index (χ3v) is 5.94. The van der Waals surface area contributed by atoms with Gasteiger partial charge >= 0.3 is 18.0 Å². The van der Waals surface area contributed by atoms with E-state index in [1.807, 2.05) is 20.8 Å². The maximum Gasteiger partial charge on any atom is 0.499 e. The zero-order chi connectivity index (χ0) is 27.9. The van der Waals surface area contributed by atoms with E-state index in [4.69, 9.17) is 15.3 Å². The fourth-order valence-corrected chi connectivity index (χ4v) is 3.93. The number of nitrogens with zero attached hydrogens (tertiary/aromatic N) is 6. The molecular formula is C24H36FeN6O6. The summed E-state index contributed by atoms with van der Waals surface area (Å²) in [4.78, 5) is 11.1. The van der Waals surface area contributed by atoms with Gasteiger partial charge in [0.2, 0.25) is 0 Å². The second-order valence-corrected chi connectivity index (χ2v) is 8.13. The Morgan fingerprint density at radius 1 is 0.514 bits per heavy atom. The topological polar surface area (TPSA) is 180 Å². The molecule has 0 amide bonds. The summed E-state index contributed by atoms with van der Waals surface area (Å²) in [5, 5.41) is 60.4. The summed E-state index contributed by atoms with van der Waals surface area (Å²) in [6.07, 6.45) is 2.27. The molecule has 0 saturated heterocycles. The number of hydrogen-bond acceptors (Lipinski definition) is 9. The quantitative estimate of drug-likeness (QED) is 0.245. The first-order valence-electron chi connectivity index (χ1n) is 11.6. The Labute approximate surface area is 227 Å². The van der Waals surface area contributed by atoms with Gasteiger partial charge in [0, 0.05) is 54.5 Å². The summed E-state index contributed by atoms with van der Waals surface area (Å²) in [6, 6.07) is -1.41. The molecule has 3 rings (SSSR count). The third-order valence-electron chi connectivity index (χ3n) is 5.94. The molecule has 206 valence electrons. The van der Waals surface area contributed by atoms with E-state index in [1.165, 1.54) is 0 Å². The molecule has 0 aromatic carbocycles. The van der Waals surface area contributed by atoms with Crippen molar-refractivity contribution in [1.82, 2.24) is 15.0 Å². The fourth-order valence-electron chi connectivity index (χ4n) is 3.93. The Hall–Kier alpha value is -3.44. The Bertz CT molecular complexity index is 1090. The Balaban J connectivity index is 0.000000518. The van der Waals surface area contributed by atoms with Gasteiger partial charge in [-0.05, 0) is 55.0 Å². The summed E-state index contributed by atoms with van der Waals surface area (Å²) in [7, 11) is 0. The van der Waals surface area contributed by atoms with Gasteiger partial charge in [0.15, 0.2) is 17.1 Å². The molecule has 3 heterocycles. The summed E-state index contributed by atoms with van der Waals surface area (Å²) < 4.78 is 1.35. The first-order chi connectivity index (χ1) is 16.7. The van der Waals surface area contributed by atoms with Crippen LogP contribution >= 0.6 is 0 Å². The minimum absolute atomic E-state index is 0. The number of rotatable bonds is 3. The van der Waals surface area contributed by atoms with Crippen LogP contribution in [-0.2, 0) is 36.3 Å². The molecule has 0 spiro atoms. The van der Waals surface area contributed by atoms with Gasteiger partial charge in [-0.25, -0.2) is 0 Å². The molecule has 37 heavy (non-hydrogen) atoms. The Morgan fingerprint density at radius 2 is 0.703 bits per heavy atom.